The average molecular weight is 316 g/mol. The maximum absolute atomic E-state index is 9.64. The minimum atomic E-state index is 0.189. The molecule has 3 rings (SSSR count). The Balaban J connectivity index is 1.53. The Kier molecular flexibility index (Phi) is 5.57. The first-order valence-corrected chi connectivity index (χ1v) is 8.76. The molecule has 0 amide bonds. The van der Waals surface area contributed by atoms with Crippen molar-refractivity contribution >= 4 is 6.08 Å². The highest BCUT2D eigenvalue weighted by molar-refractivity contribution is 5.55. The van der Waals surface area contributed by atoms with Crippen molar-refractivity contribution in [1.82, 2.24) is 9.80 Å². The van der Waals surface area contributed by atoms with Gasteiger partial charge >= 0.3 is 0 Å². The number of nitrogens with zero attached hydrogens (tertiary/aromatic N) is 2. The molecule has 1 aromatic rings. The fourth-order valence-corrected chi connectivity index (χ4v) is 3.74. The standard InChI is InChI=1S/C19H28N2O2/c1-23-19-14-16(8-9-18(19)22)6-4-10-20-11-5-7-17(15-20)21-12-2-3-13-21/h4,6,8-9,14,17,22H,2-3,5,7,10-13,15H2,1H3/b6-4+. The number of hydrogen-bond acceptors (Lipinski definition) is 4. The molecule has 1 aromatic carbocycles. The first-order valence-electron chi connectivity index (χ1n) is 8.76. The van der Waals surface area contributed by atoms with Gasteiger partial charge in [-0.2, -0.15) is 0 Å². The minimum absolute atomic E-state index is 0.189. The molecule has 126 valence electrons. The number of benzene rings is 1. The highest BCUT2D eigenvalue weighted by Gasteiger charge is 2.26. The van der Waals surface area contributed by atoms with Crippen LogP contribution < -0.4 is 4.74 Å². The second kappa shape index (κ2) is 7.84. The largest absolute Gasteiger partial charge is 0.504 e. The Morgan fingerprint density at radius 3 is 2.83 bits per heavy atom. The van der Waals surface area contributed by atoms with Crippen LogP contribution in [0, 0.1) is 0 Å². The van der Waals surface area contributed by atoms with Crippen molar-refractivity contribution in [3.05, 3.63) is 29.8 Å². The molecule has 2 aliphatic heterocycles. The molecular weight excluding hydrogens is 288 g/mol. The van der Waals surface area contributed by atoms with E-state index in [1.807, 2.05) is 12.1 Å². The predicted octanol–water partition coefficient (Wildman–Crippen LogP) is 2.97. The summed E-state index contributed by atoms with van der Waals surface area (Å²) in [5.41, 5.74) is 1.06. The van der Waals surface area contributed by atoms with Gasteiger partial charge in [0.1, 0.15) is 0 Å². The van der Waals surface area contributed by atoms with Crippen LogP contribution in [0.3, 0.4) is 0 Å². The molecule has 0 radical (unpaired) electrons. The fraction of sp³-hybridized carbons (Fsp3) is 0.579. The van der Waals surface area contributed by atoms with Crippen LogP contribution in [0.1, 0.15) is 31.2 Å². The molecule has 2 saturated heterocycles. The van der Waals surface area contributed by atoms with Gasteiger partial charge in [-0.1, -0.05) is 18.2 Å². The van der Waals surface area contributed by atoms with Crippen LogP contribution in [0.25, 0.3) is 6.08 Å². The van der Waals surface area contributed by atoms with Crippen molar-refractivity contribution in [3.63, 3.8) is 0 Å². The fourth-order valence-electron chi connectivity index (χ4n) is 3.74. The third-order valence-corrected chi connectivity index (χ3v) is 5.02. The summed E-state index contributed by atoms with van der Waals surface area (Å²) < 4.78 is 5.15. The smallest absolute Gasteiger partial charge is 0.161 e. The zero-order chi connectivity index (χ0) is 16.1. The van der Waals surface area contributed by atoms with E-state index in [1.54, 1.807) is 13.2 Å². The lowest BCUT2D eigenvalue weighted by atomic mass is 10.0. The van der Waals surface area contributed by atoms with Crippen molar-refractivity contribution in [1.29, 1.82) is 0 Å². The molecule has 4 nitrogen and oxygen atoms in total. The van der Waals surface area contributed by atoms with Crippen LogP contribution in [0.15, 0.2) is 24.3 Å². The number of methoxy groups -OCH3 is 1. The SMILES string of the molecule is COc1cc(/C=C/CN2CCCC(N3CCCC3)C2)ccc1O. The number of hydrogen-bond donors (Lipinski definition) is 1. The van der Waals surface area contributed by atoms with Crippen LogP contribution >= 0.6 is 0 Å². The van der Waals surface area contributed by atoms with E-state index < -0.39 is 0 Å². The van der Waals surface area contributed by atoms with E-state index >= 15 is 0 Å². The summed E-state index contributed by atoms with van der Waals surface area (Å²) in [5.74, 6) is 0.716. The van der Waals surface area contributed by atoms with Crippen LogP contribution in [0.4, 0.5) is 0 Å². The molecule has 2 aliphatic rings. The second-order valence-electron chi connectivity index (χ2n) is 6.63. The van der Waals surface area contributed by atoms with Gasteiger partial charge in [0, 0.05) is 19.1 Å². The maximum atomic E-state index is 9.64. The molecule has 1 atom stereocenters. The van der Waals surface area contributed by atoms with Gasteiger partial charge < -0.3 is 9.84 Å². The predicted molar refractivity (Wildman–Crippen MR) is 94.0 cm³/mol. The van der Waals surface area contributed by atoms with Crippen molar-refractivity contribution in [2.24, 2.45) is 0 Å². The Bertz CT molecular complexity index is 538. The molecule has 0 aromatic heterocycles. The van der Waals surface area contributed by atoms with Crippen LogP contribution in [0.2, 0.25) is 0 Å². The first kappa shape index (κ1) is 16.3. The molecule has 0 aliphatic carbocycles. The molecule has 23 heavy (non-hydrogen) atoms. The van der Waals surface area contributed by atoms with Crippen LogP contribution in [-0.2, 0) is 0 Å². The van der Waals surface area contributed by atoms with Gasteiger partial charge in [-0.05, 0) is 63.0 Å². The van der Waals surface area contributed by atoms with E-state index in [-0.39, 0.29) is 5.75 Å². The average Bonchev–Trinajstić information content (AvgIpc) is 3.11. The monoisotopic (exact) mass is 316 g/mol. The molecule has 1 N–H and O–H groups in total. The van der Waals surface area contributed by atoms with Gasteiger partial charge in [0.2, 0.25) is 0 Å². The van der Waals surface area contributed by atoms with E-state index in [9.17, 15) is 5.11 Å². The molecule has 4 heteroatoms. The number of phenolic OH excluding ortho intramolecular Hbond substituents is 1. The van der Waals surface area contributed by atoms with Gasteiger partial charge in [0.15, 0.2) is 11.5 Å². The van der Waals surface area contributed by atoms with Gasteiger partial charge in [-0.15, -0.1) is 0 Å². The van der Waals surface area contributed by atoms with E-state index in [2.05, 4.69) is 22.0 Å². The number of likely N-dealkylation sites (tertiary alicyclic amines) is 2. The summed E-state index contributed by atoms with van der Waals surface area (Å²) in [6.07, 6.45) is 9.75. The normalized spacial score (nSPS) is 23.6. The van der Waals surface area contributed by atoms with Gasteiger partial charge in [0.25, 0.3) is 0 Å². The van der Waals surface area contributed by atoms with Crippen molar-refractivity contribution in [3.8, 4) is 11.5 Å². The Morgan fingerprint density at radius 2 is 2.04 bits per heavy atom. The van der Waals surface area contributed by atoms with E-state index in [0.717, 1.165) is 18.2 Å². The summed E-state index contributed by atoms with van der Waals surface area (Å²) in [4.78, 5) is 5.24. The third kappa shape index (κ3) is 4.27. The molecule has 0 spiro atoms. The summed E-state index contributed by atoms with van der Waals surface area (Å²) in [5, 5.41) is 9.64. The summed E-state index contributed by atoms with van der Waals surface area (Å²) in [6, 6.07) is 6.23. The summed E-state index contributed by atoms with van der Waals surface area (Å²) in [7, 11) is 1.58. The van der Waals surface area contributed by atoms with Crippen molar-refractivity contribution < 1.29 is 9.84 Å². The number of piperidine rings is 1. The molecule has 0 bridgehead atoms. The van der Waals surface area contributed by atoms with Crippen molar-refractivity contribution in [2.45, 2.75) is 31.7 Å². The molecule has 2 fully saturated rings. The number of rotatable bonds is 5. The Hall–Kier alpha value is -1.52. The highest BCUT2D eigenvalue weighted by Crippen LogP contribution is 2.26. The van der Waals surface area contributed by atoms with Crippen LogP contribution in [0.5, 0.6) is 11.5 Å². The molecular formula is C19H28N2O2. The van der Waals surface area contributed by atoms with E-state index in [4.69, 9.17) is 4.74 Å². The maximum Gasteiger partial charge on any atom is 0.161 e. The lowest BCUT2D eigenvalue weighted by molar-refractivity contribution is 0.124. The van der Waals surface area contributed by atoms with Gasteiger partial charge in [-0.25, -0.2) is 0 Å². The summed E-state index contributed by atoms with van der Waals surface area (Å²) >= 11 is 0. The van der Waals surface area contributed by atoms with E-state index in [1.165, 1.54) is 51.9 Å². The quantitative estimate of drug-likeness (QED) is 0.906. The Morgan fingerprint density at radius 1 is 1.22 bits per heavy atom. The topological polar surface area (TPSA) is 35.9 Å². The number of phenols is 1. The molecule has 2 heterocycles. The van der Waals surface area contributed by atoms with Crippen molar-refractivity contribution in [2.75, 3.05) is 39.8 Å². The lowest BCUT2D eigenvalue weighted by Crippen LogP contribution is -2.46. The molecule has 1 unspecified atom stereocenters. The third-order valence-electron chi connectivity index (χ3n) is 5.02. The lowest BCUT2D eigenvalue weighted by Gasteiger charge is -2.37. The first-order chi connectivity index (χ1) is 11.3. The summed E-state index contributed by atoms with van der Waals surface area (Å²) in [6.45, 7) is 5.98. The zero-order valence-corrected chi connectivity index (χ0v) is 14.1. The molecule has 0 saturated carbocycles. The number of ether oxygens (including phenoxy) is 1. The zero-order valence-electron chi connectivity index (χ0n) is 14.1. The van der Waals surface area contributed by atoms with Gasteiger partial charge in [-0.3, -0.25) is 9.80 Å². The second-order valence-corrected chi connectivity index (χ2v) is 6.63. The van der Waals surface area contributed by atoms with Gasteiger partial charge in [0.05, 0.1) is 7.11 Å². The van der Waals surface area contributed by atoms with Crippen LogP contribution in [-0.4, -0.2) is 60.8 Å². The Labute approximate surface area is 139 Å². The minimum Gasteiger partial charge on any atom is -0.504 e. The number of aromatic hydroxyl groups is 1. The van der Waals surface area contributed by atoms with E-state index in [0.29, 0.717) is 5.75 Å². The highest BCUT2D eigenvalue weighted by atomic mass is 16.5.